The molecule has 0 amide bonds. The summed E-state index contributed by atoms with van der Waals surface area (Å²) in [5, 5.41) is 12.8. The number of aromatic hydroxyl groups is 1. The van der Waals surface area contributed by atoms with Gasteiger partial charge in [-0.3, -0.25) is 4.79 Å². The summed E-state index contributed by atoms with van der Waals surface area (Å²) in [5.41, 5.74) is 0.885. The molecule has 0 fully saturated rings. The van der Waals surface area contributed by atoms with E-state index < -0.39 is 5.56 Å². The van der Waals surface area contributed by atoms with Crippen molar-refractivity contribution in [2.45, 2.75) is 6.92 Å². The van der Waals surface area contributed by atoms with E-state index in [-0.39, 0.29) is 17.3 Å². The number of hydrogen-bond acceptors (Lipinski definition) is 5. The van der Waals surface area contributed by atoms with Crippen LogP contribution < -0.4 is 5.56 Å². The van der Waals surface area contributed by atoms with Crippen molar-refractivity contribution in [3.8, 4) is 28.5 Å². The van der Waals surface area contributed by atoms with Crippen LogP contribution in [-0.4, -0.2) is 20.1 Å². The molecule has 7 heteroatoms. The van der Waals surface area contributed by atoms with Gasteiger partial charge >= 0.3 is 0 Å². The Hall–Kier alpha value is -1.99. The molecule has 0 atom stereocenters. The van der Waals surface area contributed by atoms with Gasteiger partial charge < -0.3 is 10.1 Å². The Kier molecular flexibility index (Phi) is 3.60. The molecule has 3 rings (SSSR count). The monoisotopic (exact) mass is 363 g/mol. The Labute approximate surface area is 132 Å². The van der Waals surface area contributed by atoms with Gasteiger partial charge in [-0.2, -0.15) is 4.98 Å². The van der Waals surface area contributed by atoms with Gasteiger partial charge in [0.1, 0.15) is 11.3 Å². The summed E-state index contributed by atoms with van der Waals surface area (Å²) < 4.78 is 0.818. The topological polar surface area (TPSA) is 78.9 Å². The fourth-order valence-electron chi connectivity index (χ4n) is 1.96. The Balaban J connectivity index is 2.15. The molecule has 2 heterocycles. The lowest BCUT2D eigenvalue weighted by molar-refractivity contribution is 0.454. The fraction of sp³-hybridized carbons (Fsp3) is 0.0714. The number of nitrogens with zero attached hydrogens (tertiary/aromatic N) is 2. The second kappa shape index (κ2) is 5.42. The molecular weight excluding hydrogens is 354 g/mol. The molecule has 1 aromatic carbocycles. The van der Waals surface area contributed by atoms with Gasteiger partial charge in [0, 0.05) is 9.85 Å². The molecule has 106 valence electrons. The van der Waals surface area contributed by atoms with Crippen LogP contribution in [0.3, 0.4) is 0 Å². The van der Waals surface area contributed by atoms with Gasteiger partial charge in [-0.1, -0.05) is 28.1 Å². The van der Waals surface area contributed by atoms with Crippen molar-refractivity contribution in [3.63, 3.8) is 0 Å². The van der Waals surface area contributed by atoms with Crippen molar-refractivity contribution in [1.82, 2.24) is 15.0 Å². The first-order valence-corrected chi connectivity index (χ1v) is 7.73. The number of aryl methyl sites for hydroxylation is 1. The Morgan fingerprint density at radius 2 is 2.14 bits per heavy atom. The molecular formula is C14H10BrN3O2S. The molecule has 3 aromatic rings. The van der Waals surface area contributed by atoms with Crippen LogP contribution >= 0.6 is 27.3 Å². The van der Waals surface area contributed by atoms with E-state index >= 15 is 0 Å². The first-order valence-electron chi connectivity index (χ1n) is 6.06. The third-order valence-electron chi connectivity index (χ3n) is 2.88. The van der Waals surface area contributed by atoms with E-state index in [1.54, 1.807) is 23.6 Å². The molecule has 0 aliphatic rings. The molecule has 2 N–H and O–H groups in total. The Morgan fingerprint density at radius 1 is 1.33 bits per heavy atom. The van der Waals surface area contributed by atoms with Crippen molar-refractivity contribution in [2.75, 3.05) is 0 Å². The van der Waals surface area contributed by atoms with Crippen LogP contribution in [0.1, 0.15) is 5.01 Å². The third kappa shape index (κ3) is 2.74. The summed E-state index contributed by atoms with van der Waals surface area (Å²) in [6.45, 7) is 1.86. The lowest BCUT2D eigenvalue weighted by atomic mass is 10.1. The van der Waals surface area contributed by atoms with Crippen molar-refractivity contribution in [1.29, 1.82) is 0 Å². The molecule has 0 saturated carbocycles. The smallest absolute Gasteiger partial charge is 0.262 e. The first-order chi connectivity index (χ1) is 10.0. The zero-order chi connectivity index (χ0) is 15.0. The molecule has 0 spiro atoms. The minimum atomic E-state index is -0.402. The van der Waals surface area contributed by atoms with Crippen LogP contribution in [0.25, 0.3) is 22.6 Å². The molecule has 0 aliphatic heterocycles. The summed E-state index contributed by atoms with van der Waals surface area (Å²) in [4.78, 5) is 23.2. The van der Waals surface area contributed by atoms with E-state index in [2.05, 4.69) is 30.9 Å². The van der Waals surface area contributed by atoms with Crippen molar-refractivity contribution in [3.05, 3.63) is 49.5 Å². The molecule has 21 heavy (non-hydrogen) atoms. The summed E-state index contributed by atoms with van der Waals surface area (Å²) in [5.74, 6) is -0.0434. The average Bonchev–Trinajstić information content (AvgIpc) is 2.85. The zero-order valence-corrected chi connectivity index (χ0v) is 13.3. The lowest BCUT2D eigenvalue weighted by Crippen LogP contribution is -2.12. The third-order valence-corrected chi connectivity index (χ3v) is 4.14. The summed E-state index contributed by atoms with van der Waals surface area (Å²) >= 11 is 4.79. The highest BCUT2D eigenvalue weighted by Crippen LogP contribution is 2.27. The number of halogens is 1. The number of thiazole rings is 1. The van der Waals surface area contributed by atoms with E-state index in [1.165, 1.54) is 11.3 Å². The van der Waals surface area contributed by atoms with Crippen LogP contribution in [0.4, 0.5) is 0 Å². The minimum Gasteiger partial charge on any atom is -0.493 e. The van der Waals surface area contributed by atoms with Crippen molar-refractivity contribution < 1.29 is 5.11 Å². The van der Waals surface area contributed by atoms with E-state index in [4.69, 9.17) is 0 Å². The van der Waals surface area contributed by atoms with Gasteiger partial charge in [0.25, 0.3) is 5.56 Å². The largest absolute Gasteiger partial charge is 0.493 e. The molecule has 0 bridgehead atoms. The number of aromatic nitrogens is 3. The quantitative estimate of drug-likeness (QED) is 0.731. The minimum absolute atomic E-state index is 0.145. The van der Waals surface area contributed by atoms with Gasteiger partial charge in [-0.05, 0) is 24.6 Å². The number of nitrogens with one attached hydrogen (secondary N) is 1. The molecule has 0 unspecified atom stereocenters. The van der Waals surface area contributed by atoms with Crippen LogP contribution in [-0.2, 0) is 0 Å². The van der Waals surface area contributed by atoms with Crippen LogP contribution in [0.2, 0.25) is 0 Å². The summed E-state index contributed by atoms with van der Waals surface area (Å²) in [7, 11) is 0. The molecule has 5 nitrogen and oxygen atoms in total. The van der Waals surface area contributed by atoms with Gasteiger partial charge in [-0.15, -0.1) is 11.3 Å². The highest BCUT2D eigenvalue weighted by atomic mass is 79.9. The SMILES string of the molecule is Cc1nc(-c2nc(O)c(-c3cccc(Br)c3)c(=O)[nH]2)cs1. The normalized spacial score (nSPS) is 10.8. The second-order valence-corrected chi connectivity index (χ2v) is 6.35. The average molecular weight is 364 g/mol. The van der Waals surface area contributed by atoms with Crippen molar-refractivity contribution in [2.24, 2.45) is 0 Å². The maximum atomic E-state index is 12.3. The zero-order valence-electron chi connectivity index (χ0n) is 10.9. The highest BCUT2D eigenvalue weighted by Gasteiger charge is 2.15. The highest BCUT2D eigenvalue weighted by molar-refractivity contribution is 9.10. The van der Waals surface area contributed by atoms with Gasteiger partial charge in [-0.25, -0.2) is 4.98 Å². The van der Waals surface area contributed by atoms with Crippen LogP contribution in [0, 0.1) is 6.92 Å². The van der Waals surface area contributed by atoms with Crippen LogP contribution in [0.5, 0.6) is 5.88 Å². The predicted octanol–water partition coefficient (Wildman–Crippen LogP) is 3.34. The number of rotatable bonds is 2. The standard InChI is InChI=1S/C14H10BrN3O2S/c1-7-16-10(6-21-7)12-17-13(19)11(14(20)18-12)8-3-2-4-9(15)5-8/h2-6H,1H3,(H2,17,18,19,20). The molecule has 0 radical (unpaired) electrons. The second-order valence-electron chi connectivity index (χ2n) is 4.38. The van der Waals surface area contributed by atoms with E-state index in [0.29, 0.717) is 11.3 Å². The molecule has 0 aliphatic carbocycles. The molecule has 2 aromatic heterocycles. The Bertz CT molecular complexity index is 873. The first kappa shape index (κ1) is 14.0. The van der Waals surface area contributed by atoms with Gasteiger partial charge in [0.15, 0.2) is 5.82 Å². The van der Waals surface area contributed by atoms with E-state index in [9.17, 15) is 9.90 Å². The van der Waals surface area contributed by atoms with Gasteiger partial charge in [0.2, 0.25) is 5.88 Å². The predicted molar refractivity (Wildman–Crippen MR) is 85.5 cm³/mol. The van der Waals surface area contributed by atoms with Crippen molar-refractivity contribution >= 4 is 27.3 Å². The number of H-pyrrole nitrogens is 1. The van der Waals surface area contributed by atoms with Crippen LogP contribution in [0.15, 0.2) is 38.9 Å². The summed E-state index contributed by atoms with van der Waals surface area (Å²) in [6.07, 6.45) is 0. The number of aromatic amines is 1. The van der Waals surface area contributed by atoms with E-state index in [0.717, 1.165) is 9.48 Å². The molecule has 0 saturated heterocycles. The summed E-state index contributed by atoms with van der Waals surface area (Å²) in [6, 6.07) is 7.12. The number of hydrogen-bond donors (Lipinski definition) is 2. The Morgan fingerprint density at radius 3 is 2.76 bits per heavy atom. The van der Waals surface area contributed by atoms with Gasteiger partial charge in [0.05, 0.1) is 5.01 Å². The maximum absolute atomic E-state index is 12.3. The number of benzene rings is 1. The lowest BCUT2D eigenvalue weighted by Gasteiger charge is -2.05. The van der Waals surface area contributed by atoms with E-state index in [1.807, 2.05) is 13.0 Å². The fourth-order valence-corrected chi connectivity index (χ4v) is 2.96. The maximum Gasteiger partial charge on any atom is 0.262 e.